The molecule has 1 aliphatic rings. The standard InChI is InChI=1S/C17H17N3O/c21-17(19-11-5-6-11)8-7-12-9-14-13-3-1-2-4-15(13)20-16(14)10-18-12/h1-4,9-11,20H,5-8H2,(H,19,21). The van der Waals surface area contributed by atoms with Crippen LogP contribution in [0.5, 0.6) is 0 Å². The maximum absolute atomic E-state index is 11.7. The summed E-state index contributed by atoms with van der Waals surface area (Å²) in [6.07, 6.45) is 5.32. The number of aromatic amines is 1. The number of benzene rings is 1. The van der Waals surface area contributed by atoms with Gasteiger partial charge in [-0.05, 0) is 31.4 Å². The zero-order valence-corrected chi connectivity index (χ0v) is 11.7. The van der Waals surface area contributed by atoms with E-state index in [1.165, 1.54) is 10.8 Å². The summed E-state index contributed by atoms with van der Waals surface area (Å²) in [6, 6.07) is 10.8. The molecule has 0 spiro atoms. The van der Waals surface area contributed by atoms with Crippen molar-refractivity contribution in [3.05, 3.63) is 42.2 Å². The molecule has 1 saturated carbocycles. The Kier molecular flexibility index (Phi) is 2.88. The van der Waals surface area contributed by atoms with Crippen LogP contribution in [0.3, 0.4) is 0 Å². The minimum absolute atomic E-state index is 0.137. The van der Waals surface area contributed by atoms with Crippen molar-refractivity contribution in [2.45, 2.75) is 31.7 Å². The number of nitrogens with zero attached hydrogens (tertiary/aromatic N) is 1. The number of fused-ring (bicyclic) bond motifs is 3. The van der Waals surface area contributed by atoms with Gasteiger partial charge in [0.25, 0.3) is 0 Å². The fourth-order valence-corrected chi connectivity index (χ4v) is 2.70. The van der Waals surface area contributed by atoms with E-state index in [4.69, 9.17) is 0 Å². The number of amides is 1. The van der Waals surface area contributed by atoms with Gasteiger partial charge in [-0.3, -0.25) is 9.78 Å². The van der Waals surface area contributed by atoms with Gasteiger partial charge in [0.15, 0.2) is 0 Å². The molecule has 0 bridgehead atoms. The summed E-state index contributed by atoms with van der Waals surface area (Å²) in [5.41, 5.74) is 3.14. The van der Waals surface area contributed by atoms with Gasteiger partial charge in [0.1, 0.15) is 0 Å². The third kappa shape index (κ3) is 2.49. The van der Waals surface area contributed by atoms with E-state index in [-0.39, 0.29) is 5.91 Å². The van der Waals surface area contributed by atoms with Crippen LogP contribution in [-0.2, 0) is 11.2 Å². The quantitative estimate of drug-likeness (QED) is 0.771. The van der Waals surface area contributed by atoms with E-state index < -0.39 is 0 Å². The van der Waals surface area contributed by atoms with E-state index in [9.17, 15) is 4.79 Å². The summed E-state index contributed by atoms with van der Waals surface area (Å²) < 4.78 is 0. The zero-order chi connectivity index (χ0) is 14.2. The third-order valence-electron chi connectivity index (χ3n) is 4.00. The van der Waals surface area contributed by atoms with Gasteiger partial charge in [0, 0.05) is 34.4 Å². The number of hydrogen-bond donors (Lipinski definition) is 2. The number of carbonyl (C=O) groups excluding carboxylic acids is 1. The van der Waals surface area contributed by atoms with E-state index in [2.05, 4.69) is 33.5 Å². The van der Waals surface area contributed by atoms with Crippen LogP contribution in [-0.4, -0.2) is 21.9 Å². The van der Waals surface area contributed by atoms with Crippen LogP contribution < -0.4 is 5.32 Å². The molecule has 0 radical (unpaired) electrons. The summed E-state index contributed by atoms with van der Waals surface area (Å²) in [5, 5.41) is 5.40. The highest BCUT2D eigenvalue weighted by molar-refractivity contribution is 6.06. The van der Waals surface area contributed by atoms with Gasteiger partial charge in [-0.1, -0.05) is 18.2 Å². The van der Waals surface area contributed by atoms with Gasteiger partial charge in [-0.2, -0.15) is 0 Å². The van der Waals surface area contributed by atoms with Gasteiger partial charge < -0.3 is 10.3 Å². The third-order valence-corrected chi connectivity index (χ3v) is 4.00. The number of para-hydroxylation sites is 1. The van der Waals surface area contributed by atoms with Crippen molar-refractivity contribution in [2.24, 2.45) is 0 Å². The molecule has 0 unspecified atom stereocenters. The molecule has 2 aromatic heterocycles. The fraction of sp³-hybridized carbons (Fsp3) is 0.294. The van der Waals surface area contributed by atoms with Crippen LogP contribution in [0, 0.1) is 0 Å². The Morgan fingerprint density at radius 3 is 2.95 bits per heavy atom. The first-order chi connectivity index (χ1) is 10.3. The molecule has 1 aliphatic carbocycles. The minimum atomic E-state index is 0.137. The van der Waals surface area contributed by atoms with Crippen molar-refractivity contribution >= 4 is 27.7 Å². The lowest BCUT2D eigenvalue weighted by Crippen LogP contribution is -2.25. The molecule has 2 heterocycles. The second-order valence-electron chi connectivity index (χ2n) is 5.73. The molecule has 1 aromatic carbocycles. The smallest absolute Gasteiger partial charge is 0.220 e. The van der Waals surface area contributed by atoms with Crippen molar-refractivity contribution in [3.63, 3.8) is 0 Å². The molecule has 4 rings (SSSR count). The molecule has 0 saturated heterocycles. The van der Waals surface area contributed by atoms with Gasteiger partial charge >= 0.3 is 0 Å². The molecular weight excluding hydrogens is 262 g/mol. The second kappa shape index (κ2) is 4.88. The SMILES string of the molecule is O=C(CCc1cc2c(cn1)[nH]c1ccccc12)NC1CC1. The number of pyridine rings is 1. The highest BCUT2D eigenvalue weighted by Gasteiger charge is 2.22. The number of aryl methyl sites for hydroxylation is 1. The van der Waals surface area contributed by atoms with E-state index in [1.807, 2.05) is 18.3 Å². The molecule has 3 aromatic rings. The Hall–Kier alpha value is -2.36. The molecule has 0 aliphatic heterocycles. The largest absolute Gasteiger partial charge is 0.353 e. The number of aromatic nitrogens is 2. The molecule has 2 N–H and O–H groups in total. The van der Waals surface area contributed by atoms with Crippen LogP contribution in [0.2, 0.25) is 0 Å². The molecule has 106 valence electrons. The average molecular weight is 279 g/mol. The Morgan fingerprint density at radius 2 is 2.10 bits per heavy atom. The molecule has 4 nitrogen and oxygen atoms in total. The molecular formula is C17H17N3O. The van der Waals surface area contributed by atoms with Crippen LogP contribution >= 0.6 is 0 Å². The lowest BCUT2D eigenvalue weighted by Gasteiger charge is -2.03. The molecule has 0 atom stereocenters. The Labute approximate surface area is 122 Å². The molecule has 4 heteroatoms. The number of carbonyl (C=O) groups is 1. The highest BCUT2D eigenvalue weighted by atomic mass is 16.1. The van der Waals surface area contributed by atoms with Crippen molar-refractivity contribution in [1.82, 2.24) is 15.3 Å². The monoisotopic (exact) mass is 279 g/mol. The van der Waals surface area contributed by atoms with Crippen molar-refractivity contribution in [2.75, 3.05) is 0 Å². The maximum Gasteiger partial charge on any atom is 0.220 e. The van der Waals surface area contributed by atoms with Crippen LogP contribution in [0.25, 0.3) is 21.8 Å². The minimum Gasteiger partial charge on any atom is -0.353 e. The lowest BCUT2D eigenvalue weighted by atomic mass is 10.1. The van der Waals surface area contributed by atoms with Crippen LogP contribution in [0.15, 0.2) is 36.5 Å². The lowest BCUT2D eigenvalue weighted by molar-refractivity contribution is -0.121. The van der Waals surface area contributed by atoms with Crippen molar-refractivity contribution < 1.29 is 4.79 Å². The summed E-state index contributed by atoms with van der Waals surface area (Å²) >= 11 is 0. The average Bonchev–Trinajstić information content (AvgIpc) is 3.23. The topological polar surface area (TPSA) is 57.8 Å². The van der Waals surface area contributed by atoms with Crippen molar-refractivity contribution in [3.8, 4) is 0 Å². The number of H-pyrrole nitrogens is 1. The highest BCUT2D eigenvalue weighted by Crippen LogP contribution is 2.25. The summed E-state index contributed by atoms with van der Waals surface area (Å²) in [7, 11) is 0. The summed E-state index contributed by atoms with van der Waals surface area (Å²) in [6.45, 7) is 0. The first-order valence-corrected chi connectivity index (χ1v) is 7.44. The van der Waals surface area contributed by atoms with E-state index in [0.29, 0.717) is 18.9 Å². The Bertz CT molecular complexity index is 817. The Balaban J connectivity index is 1.57. The first-order valence-electron chi connectivity index (χ1n) is 7.44. The summed E-state index contributed by atoms with van der Waals surface area (Å²) in [4.78, 5) is 19.6. The predicted octanol–water partition coefficient (Wildman–Crippen LogP) is 2.93. The van der Waals surface area contributed by atoms with Crippen LogP contribution in [0.4, 0.5) is 0 Å². The number of rotatable bonds is 4. The zero-order valence-electron chi connectivity index (χ0n) is 11.7. The van der Waals surface area contributed by atoms with Gasteiger partial charge in [-0.25, -0.2) is 0 Å². The fourth-order valence-electron chi connectivity index (χ4n) is 2.70. The van der Waals surface area contributed by atoms with E-state index in [1.54, 1.807) is 0 Å². The van der Waals surface area contributed by atoms with Gasteiger partial charge in [0.2, 0.25) is 5.91 Å². The maximum atomic E-state index is 11.7. The van der Waals surface area contributed by atoms with Gasteiger partial charge in [-0.15, -0.1) is 0 Å². The van der Waals surface area contributed by atoms with Gasteiger partial charge in [0.05, 0.1) is 11.7 Å². The van der Waals surface area contributed by atoms with Crippen molar-refractivity contribution in [1.29, 1.82) is 0 Å². The van der Waals surface area contributed by atoms with E-state index in [0.717, 1.165) is 29.6 Å². The van der Waals surface area contributed by atoms with E-state index >= 15 is 0 Å². The second-order valence-corrected chi connectivity index (χ2v) is 5.73. The number of hydrogen-bond acceptors (Lipinski definition) is 2. The van der Waals surface area contributed by atoms with Crippen LogP contribution in [0.1, 0.15) is 25.0 Å². The molecule has 21 heavy (non-hydrogen) atoms. The predicted molar refractivity (Wildman–Crippen MR) is 83.1 cm³/mol. The summed E-state index contributed by atoms with van der Waals surface area (Å²) in [5.74, 6) is 0.137. The molecule has 1 fully saturated rings. The normalized spacial score (nSPS) is 14.7. The number of nitrogens with one attached hydrogen (secondary N) is 2. The molecule has 1 amide bonds. The first kappa shape index (κ1) is 12.4. The Morgan fingerprint density at radius 1 is 1.24 bits per heavy atom.